The van der Waals surface area contributed by atoms with Gasteiger partial charge in [0, 0.05) is 5.56 Å². The van der Waals surface area contributed by atoms with Gasteiger partial charge in [0.05, 0.1) is 17.7 Å². The summed E-state index contributed by atoms with van der Waals surface area (Å²) in [5.41, 5.74) is -0.642. The lowest BCUT2D eigenvalue weighted by Crippen LogP contribution is -2.10. The maximum atomic E-state index is 12.1. The maximum absolute atomic E-state index is 12.1. The van der Waals surface area contributed by atoms with Crippen LogP contribution in [0.5, 0.6) is 5.75 Å². The second-order valence-electron chi connectivity index (χ2n) is 3.26. The highest BCUT2D eigenvalue weighted by Gasteiger charge is 2.18. The number of hydrogen-bond donors (Lipinski definition) is 0. The lowest BCUT2D eigenvalue weighted by Gasteiger charge is -2.10. The average molecular weight is 269 g/mol. The Morgan fingerprint density at radius 3 is 2.68 bits per heavy atom. The number of nitrogens with zero attached hydrogens (tertiary/aromatic N) is 1. The highest BCUT2D eigenvalue weighted by molar-refractivity contribution is 5.99. The van der Waals surface area contributed by atoms with Crippen LogP contribution >= 0.6 is 0 Å². The van der Waals surface area contributed by atoms with E-state index in [1.165, 1.54) is 0 Å². The Morgan fingerprint density at radius 1 is 1.53 bits per heavy atom. The number of carbonyl (C=O) groups is 2. The van der Waals surface area contributed by atoms with Gasteiger partial charge in [-0.3, -0.25) is 4.79 Å². The molecule has 0 atom stereocenters. The zero-order valence-corrected chi connectivity index (χ0v) is 9.85. The number of aldehydes is 1. The fraction of sp³-hybridized carbons (Fsp3) is 0.250. The predicted octanol–water partition coefficient (Wildman–Crippen LogP) is 2.15. The Labute approximate surface area is 107 Å². The standard InChI is InChI=1S/C12H9F2NO4/c1-2-18-11(17)9-3-7(5-15)10(19-12(13)14)4-8(9)6-16/h3-4,6,12H,2H2,1H3. The summed E-state index contributed by atoms with van der Waals surface area (Å²) in [4.78, 5) is 22.4. The van der Waals surface area contributed by atoms with Crippen molar-refractivity contribution in [2.75, 3.05) is 6.61 Å². The molecule has 0 saturated heterocycles. The summed E-state index contributed by atoms with van der Waals surface area (Å²) in [5, 5.41) is 8.82. The van der Waals surface area contributed by atoms with Crippen molar-refractivity contribution < 1.29 is 27.8 Å². The number of hydrogen-bond acceptors (Lipinski definition) is 5. The molecule has 0 aliphatic heterocycles. The topological polar surface area (TPSA) is 76.4 Å². The smallest absolute Gasteiger partial charge is 0.387 e. The normalized spacial score (nSPS) is 9.84. The number of alkyl halides is 2. The molecule has 100 valence electrons. The molecule has 0 amide bonds. The van der Waals surface area contributed by atoms with Gasteiger partial charge in [-0.2, -0.15) is 14.0 Å². The van der Waals surface area contributed by atoms with Crippen molar-refractivity contribution in [3.8, 4) is 11.8 Å². The number of halogens is 2. The van der Waals surface area contributed by atoms with E-state index in [9.17, 15) is 18.4 Å². The van der Waals surface area contributed by atoms with Gasteiger partial charge in [0.25, 0.3) is 0 Å². The van der Waals surface area contributed by atoms with Gasteiger partial charge in [-0.05, 0) is 19.1 Å². The van der Waals surface area contributed by atoms with Crippen molar-refractivity contribution >= 4 is 12.3 Å². The molecule has 7 heteroatoms. The number of esters is 1. The number of nitriles is 1. The maximum Gasteiger partial charge on any atom is 0.387 e. The van der Waals surface area contributed by atoms with Crippen LogP contribution in [0.4, 0.5) is 8.78 Å². The third-order valence-corrected chi connectivity index (χ3v) is 2.11. The fourth-order valence-electron chi connectivity index (χ4n) is 1.36. The van der Waals surface area contributed by atoms with Gasteiger partial charge >= 0.3 is 12.6 Å². The van der Waals surface area contributed by atoms with E-state index in [1.807, 2.05) is 0 Å². The molecule has 0 radical (unpaired) electrons. The molecule has 0 heterocycles. The van der Waals surface area contributed by atoms with Crippen LogP contribution in [0, 0.1) is 11.3 Å². The summed E-state index contributed by atoms with van der Waals surface area (Å²) in [7, 11) is 0. The molecule has 0 saturated carbocycles. The molecule has 5 nitrogen and oxygen atoms in total. The number of rotatable bonds is 5. The molecular weight excluding hydrogens is 260 g/mol. The third kappa shape index (κ3) is 3.48. The molecule has 0 N–H and O–H groups in total. The molecule has 0 fully saturated rings. The van der Waals surface area contributed by atoms with E-state index in [1.54, 1.807) is 13.0 Å². The Balaban J connectivity index is 3.31. The van der Waals surface area contributed by atoms with Crippen LogP contribution in [0.3, 0.4) is 0 Å². The van der Waals surface area contributed by atoms with Crippen molar-refractivity contribution in [1.82, 2.24) is 0 Å². The van der Waals surface area contributed by atoms with Crippen LogP contribution in [0.1, 0.15) is 33.2 Å². The van der Waals surface area contributed by atoms with E-state index >= 15 is 0 Å². The largest absolute Gasteiger partial charge is 0.462 e. The number of carbonyl (C=O) groups excluding carboxylic acids is 2. The first-order valence-electron chi connectivity index (χ1n) is 5.18. The zero-order chi connectivity index (χ0) is 14.4. The van der Waals surface area contributed by atoms with Crippen LogP contribution in [0.2, 0.25) is 0 Å². The first-order valence-corrected chi connectivity index (χ1v) is 5.18. The summed E-state index contributed by atoms with van der Waals surface area (Å²) in [6.07, 6.45) is 0.297. The van der Waals surface area contributed by atoms with E-state index in [0.717, 1.165) is 12.1 Å². The number of ether oxygens (including phenoxy) is 2. The molecule has 0 bridgehead atoms. The predicted molar refractivity (Wildman–Crippen MR) is 59.1 cm³/mol. The highest BCUT2D eigenvalue weighted by atomic mass is 19.3. The minimum atomic E-state index is -3.14. The SMILES string of the molecule is CCOC(=O)c1cc(C#N)c(OC(F)F)cc1C=O. The van der Waals surface area contributed by atoms with Crippen LogP contribution < -0.4 is 4.74 Å². The molecule has 1 rings (SSSR count). The molecule has 1 aromatic carbocycles. The second-order valence-corrected chi connectivity index (χ2v) is 3.26. The van der Waals surface area contributed by atoms with Crippen molar-refractivity contribution in [3.63, 3.8) is 0 Å². The Kier molecular flexibility index (Phi) is 4.94. The minimum absolute atomic E-state index is 0.0777. The van der Waals surface area contributed by atoms with Gasteiger partial charge in [-0.1, -0.05) is 0 Å². The van der Waals surface area contributed by atoms with Crippen LogP contribution in [-0.2, 0) is 4.74 Å². The van der Waals surface area contributed by atoms with Gasteiger partial charge in [0.1, 0.15) is 11.8 Å². The molecule has 0 aliphatic carbocycles. The van der Waals surface area contributed by atoms with E-state index < -0.39 is 18.3 Å². The van der Waals surface area contributed by atoms with Gasteiger partial charge in [0.15, 0.2) is 6.29 Å². The first kappa shape index (κ1) is 14.6. The van der Waals surface area contributed by atoms with Crippen molar-refractivity contribution in [3.05, 3.63) is 28.8 Å². The van der Waals surface area contributed by atoms with Crippen LogP contribution in [-0.4, -0.2) is 25.5 Å². The summed E-state index contributed by atoms with van der Waals surface area (Å²) >= 11 is 0. The zero-order valence-electron chi connectivity index (χ0n) is 9.85. The van der Waals surface area contributed by atoms with Gasteiger partial charge in [0.2, 0.25) is 0 Å². The second kappa shape index (κ2) is 6.44. The Hall–Kier alpha value is -2.49. The highest BCUT2D eigenvalue weighted by Crippen LogP contribution is 2.24. The third-order valence-electron chi connectivity index (χ3n) is 2.11. The van der Waals surface area contributed by atoms with Crippen molar-refractivity contribution in [2.24, 2.45) is 0 Å². The van der Waals surface area contributed by atoms with E-state index in [-0.39, 0.29) is 23.3 Å². The molecule has 0 aromatic heterocycles. The Morgan fingerprint density at radius 2 is 2.21 bits per heavy atom. The average Bonchev–Trinajstić information content (AvgIpc) is 2.37. The Bertz CT molecular complexity index is 537. The van der Waals surface area contributed by atoms with E-state index in [2.05, 4.69) is 4.74 Å². The van der Waals surface area contributed by atoms with Crippen LogP contribution in [0.15, 0.2) is 12.1 Å². The summed E-state index contributed by atoms with van der Waals surface area (Å²) in [6.45, 7) is -1.49. The monoisotopic (exact) mass is 269 g/mol. The molecular formula is C12H9F2NO4. The quantitative estimate of drug-likeness (QED) is 0.604. The molecule has 1 aromatic rings. The lowest BCUT2D eigenvalue weighted by molar-refractivity contribution is -0.0500. The van der Waals surface area contributed by atoms with Crippen LogP contribution in [0.25, 0.3) is 0 Å². The van der Waals surface area contributed by atoms with Gasteiger partial charge < -0.3 is 9.47 Å². The molecule has 0 spiro atoms. The van der Waals surface area contributed by atoms with Gasteiger partial charge in [-0.25, -0.2) is 4.79 Å². The fourth-order valence-corrected chi connectivity index (χ4v) is 1.36. The summed E-state index contributed by atoms with van der Waals surface area (Å²) in [6, 6.07) is 3.50. The van der Waals surface area contributed by atoms with E-state index in [0.29, 0.717) is 6.29 Å². The van der Waals surface area contributed by atoms with Crippen molar-refractivity contribution in [2.45, 2.75) is 13.5 Å². The molecule has 0 unspecified atom stereocenters. The van der Waals surface area contributed by atoms with Crippen molar-refractivity contribution in [1.29, 1.82) is 5.26 Å². The molecule has 0 aliphatic rings. The lowest BCUT2D eigenvalue weighted by atomic mass is 10.0. The number of benzene rings is 1. The summed E-state index contributed by atoms with van der Waals surface area (Å²) in [5.74, 6) is -1.28. The summed E-state index contributed by atoms with van der Waals surface area (Å²) < 4.78 is 33.1. The molecule has 19 heavy (non-hydrogen) atoms. The van der Waals surface area contributed by atoms with Gasteiger partial charge in [-0.15, -0.1) is 0 Å². The minimum Gasteiger partial charge on any atom is -0.462 e. The first-order chi connectivity index (χ1) is 9.03. The van der Waals surface area contributed by atoms with E-state index in [4.69, 9.17) is 10.00 Å².